The Bertz CT molecular complexity index is 815. The largest absolute Gasteiger partial charge is 0.340 e. The molecule has 158 valence electrons. The number of hydrogen-bond acceptors (Lipinski definition) is 4. The fourth-order valence-electron chi connectivity index (χ4n) is 3.48. The molecule has 3 rings (SSSR count). The molecule has 0 unspecified atom stereocenters. The third-order valence-corrected chi connectivity index (χ3v) is 5.93. The molecule has 1 aromatic carbocycles. The standard InChI is InChI=1S/C21H29Cl2N5O/c1-16(2)28-15-19(24-25-28)4-3-5-21(29)27-12-10-26(11-13-27)9-8-17-6-7-18(22)14-20(17)23/h6-7,14-16H,3-5,8-13H2,1-2H3. The van der Waals surface area contributed by atoms with Crippen LogP contribution in [0.4, 0.5) is 0 Å². The first-order valence-corrected chi connectivity index (χ1v) is 11.0. The van der Waals surface area contributed by atoms with Crippen molar-refractivity contribution >= 4 is 29.1 Å². The second kappa shape index (κ2) is 10.4. The first kappa shape index (κ1) is 22.1. The van der Waals surface area contributed by atoms with Gasteiger partial charge in [-0.25, -0.2) is 4.68 Å². The van der Waals surface area contributed by atoms with Gasteiger partial charge in [-0.05, 0) is 50.8 Å². The zero-order valence-electron chi connectivity index (χ0n) is 17.2. The number of carbonyl (C=O) groups is 1. The van der Waals surface area contributed by atoms with Crippen LogP contribution in [-0.4, -0.2) is 63.4 Å². The molecule has 1 amide bonds. The highest BCUT2D eigenvalue weighted by Gasteiger charge is 2.20. The van der Waals surface area contributed by atoms with Gasteiger partial charge in [0.25, 0.3) is 0 Å². The van der Waals surface area contributed by atoms with Crippen molar-refractivity contribution in [2.45, 2.75) is 45.6 Å². The van der Waals surface area contributed by atoms with Gasteiger partial charge < -0.3 is 4.90 Å². The van der Waals surface area contributed by atoms with Crippen LogP contribution in [-0.2, 0) is 17.6 Å². The van der Waals surface area contributed by atoms with Gasteiger partial charge in [-0.1, -0.05) is 34.5 Å². The van der Waals surface area contributed by atoms with Crippen LogP contribution in [0.5, 0.6) is 0 Å². The lowest BCUT2D eigenvalue weighted by Gasteiger charge is -2.35. The predicted molar refractivity (Wildman–Crippen MR) is 117 cm³/mol. The molecule has 0 aliphatic carbocycles. The van der Waals surface area contributed by atoms with Crippen molar-refractivity contribution < 1.29 is 4.79 Å². The van der Waals surface area contributed by atoms with E-state index in [1.54, 1.807) is 6.07 Å². The minimum absolute atomic E-state index is 0.238. The van der Waals surface area contributed by atoms with Crippen LogP contribution < -0.4 is 0 Å². The van der Waals surface area contributed by atoms with Crippen LogP contribution in [0.1, 0.15) is 44.0 Å². The molecule has 1 aliphatic heterocycles. The molecule has 0 radical (unpaired) electrons. The number of amides is 1. The zero-order valence-corrected chi connectivity index (χ0v) is 18.7. The van der Waals surface area contributed by atoms with Gasteiger partial charge in [0.15, 0.2) is 0 Å². The molecule has 1 fully saturated rings. The molecule has 0 saturated carbocycles. The van der Waals surface area contributed by atoms with Crippen molar-refractivity contribution in [3.63, 3.8) is 0 Å². The number of aromatic nitrogens is 3. The van der Waals surface area contributed by atoms with E-state index in [0.717, 1.165) is 68.3 Å². The van der Waals surface area contributed by atoms with Crippen molar-refractivity contribution in [1.29, 1.82) is 0 Å². The van der Waals surface area contributed by atoms with Crippen LogP contribution in [0.3, 0.4) is 0 Å². The molecule has 29 heavy (non-hydrogen) atoms. The molecule has 0 atom stereocenters. The molecule has 2 heterocycles. The Morgan fingerprint density at radius 2 is 1.90 bits per heavy atom. The molecule has 0 bridgehead atoms. The van der Waals surface area contributed by atoms with Gasteiger partial charge in [0.05, 0.1) is 5.69 Å². The van der Waals surface area contributed by atoms with Crippen molar-refractivity contribution in [3.05, 3.63) is 45.7 Å². The Morgan fingerprint density at radius 1 is 1.14 bits per heavy atom. The quantitative estimate of drug-likeness (QED) is 0.628. The highest BCUT2D eigenvalue weighted by atomic mass is 35.5. The fourth-order valence-corrected chi connectivity index (χ4v) is 3.99. The van der Waals surface area contributed by atoms with E-state index in [2.05, 4.69) is 29.1 Å². The van der Waals surface area contributed by atoms with Crippen LogP contribution in [0.15, 0.2) is 24.4 Å². The number of benzene rings is 1. The summed E-state index contributed by atoms with van der Waals surface area (Å²) >= 11 is 12.2. The Balaban J connectivity index is 1.35. The normalized spacial score (nSPS) is 15.3. The Labute approximate surface area is 182 Å². The number of hydrogen-bond donors (Lipinski definition) is 0. The summed E-state index contributed by atoms with van der Waals surface area (Å²) in [6, 6.07) is 5.97. The molecular weight excluding hydrogens is 409 g/mol. The fraction of sp³-hybridized carbons (Fsp3) is 0.571. The maximum atomic E-state index is 12.5. The monoisotopic (exact) mass is 437 g/mol. The summed E-state index contributed by atoms with van der Waals surface area (Å²) in [6.07, 6.45) is 5.03. The molecule has 0 N–H and O–H groups in total. The zero-order chi connectivity index (χ0) is 20.8. The SMILES string of the molecule is CC(C)n1cc(CCCC(=O)N2CCN(CCc3ccc(Cl)cc3Cl)CC2)nn1. The minimum Gasteiger partial charge on any atom is -0.340 e. The van der Waals surface area contributed by atoms with E-state index < -0.39 is 0 Å². The average Bonchev–Trinajstić information content (AvgIpc) is 3.17. The maximum Gasteiger partial charge on any atom is 0.222 e. The minimum atomic E-state index is 0.238. The van der Waals surface area contributed by atoms with Crippen molar-refractivity contribution in [3.8, 4) is 0 Å². The van der Waals surface area contributed by atoms with Crippen molar-refractivity contribution in [1.82, 2.24) is 24.8 Å². The summed E-state index contributed by atoms with van der Waals surface area (Å²) in [7, 11) is 0. The van der Waals surface area contributed by atoms with Crippen LogP contribution in [0, 0.1) is 0 Å². The lowest BCUT2D eigenvalue weighted by molar-refractivity contribution is -0.133. The van der Waals surface area contributed by atoms with Gasteiger partial charge in [0.2, 0.25) is 5.91 Å². The smallest absolute Gasteiger partial charge is 0.222 e. The Kier molecular flexibility index (Phi) is 7.92. The number of aryl methyl sites for hydroxylation is 1. The van der Waals surface area contributed by atoms with Gasteiger partial charge in [-0.3, -0.25) is 9.69 Å². The topological polar surface area (TPSA) is 54.3 Å². The molecule has 8 heteroatoms. The number of piperazine rings is 1. The highest BCUT2D eigenvalue weighted by Crippen LogP contribution is 2.21. The lowest BCUT2D eigenvalue weighted by atomic mass is 10.1. The van der Waals surface area contributed by atoms with E-state index >= 15 is 0 Å². The third-order valence-electron chi connectivity index (χ3n) is 5.35. The summed E-state index contributed by atoms with van der Waals surface area (Å²) in [6.45, 7) is 8.47. The molecule has 0 spiro atoms. The Morgan fingerprint density at radius 3 is 2.55 bits per heavy atom. The number of rotatable bonds is 8. The molecule has 2 aromatic rings. The van der Waals surface area contributed by atoms with Gasteiger partial charge in [0, 0.05) is 61.4 Å². The van der Waals surface area contributed by atoms with Crippen LogP contribution >= 0.6 is 23.2 Å². The highest BCUT2D eigenvalue weighted by molar-refractivity contribution is 6.35. The summed E-state index contributed by atoms with van der Waals surface area (Å²) < 4.78 is 1.85. The summed E-state index contributed by atoms with van der Waals surface area (Å²) in [4.78, 5) is 16.9. The van der Waals surface area contributed by atoms with Gasteiger partial charge >= 0.3 is 0 Å². The van der Waals surface area contributed by atoms with E-state index in [0.29, 0.717) is 17.5 Å². The predicted octanol–water partition coefficient (Wildman–Crippen LogP) is 3.88. The van der Waals surface area contributed by atoms with E-state index in [1.807, 2.05) is 27.9 Å². The second-order valence-corrected chi connectivity index (χ2v) is 8.69. The summed E-state index contributed by atoms with van der Waals surface area (Å²) in [5, 5.41) is 9.67. The average molecular weight is 438 g/mol. The Hall–Kier alpha value is -1.63. The van der Waals surface area contributed by atoms with E-state index in [1.165, 1.54) is 0 Å². The molecule has 6 nitrogen and oxygen atoms in total. The van der Waals surface area contributed by atoms with E-state index in [9.17, 15) is 4.79 Å². The number of carbonyl (C=O) groups excluding carboxylic acids is 1. The number of halogens is 2. The maximum absolute atomic E-state index is 12.5. The summed E-state index contributed by atoms with van der Waals surface area (Å²) in [5.41, 5.74) is 2.07. The summed E-state index contributed by atoms with van der Waals surface area (Å²) in [5.74, 6) is 0.238. The first-order chi connectivity index (χ1) is 13.9. The first-order valence-electron chi connectivity index (χ1n) is 10.3. The third kappa shape index (κ3) is 6.43. The van der Waals surface area contributed by atoms with Crippen LogP contribution in [0.25, 0.3) is 0 Å². The molecular formula is C21H29Cl2N5O. The van der Waals surface area contributed by atoms with Gasteiger partial charge in [0.1, 0.15) is 0 Å². The lowest BCUT2D eigenvalue weighted by Crippen LogP contribution is -2.49. The molecule has 1 aromatic heterocycles. The van der Waals surface area contributed by atoms with Crippen LogP contribution in [0.2, 0.25) is 10.0 Å². The second-order valence-electron chi connectivity index (χ2n) is 7.85. The van der Waals surface area contributed by atoms with Crippen molar-refractivity contribution in [2.24, 2.45) is 0 Å². The molecule has 1 aliphatic rings. The van der Waals surface area contributed by atoms with Gasteiger partial charge in [-0.15, -0.1) is 5.10 Å². The van der Waals surface area contributed by atoms with E-state index in [4.69, 9.17) is 23.2 Å². The molecule has 1 saturated heterocycles. The van der Waals surface area contributed by atoms with E-state index in [-0.39, 0.29) is 5.91 Å². The van der Waals surface area contributed by atoms with Crippen molar-refractivity contribution in [2.75, 3.05) is 32.7 Å². The van der Waals surface area contributed by atoms with Gasteiger partial charge in [-0.2, -0.15) is 0 Å². The number of nitrogens with zero attached hydrogens (tertiary/aromatic N) is 5.